The van der Waals surface area contributed by atoms with Gasteiger partial charge in [0.15, 0.2) is 0 Å². The molecule has 0 spiro atoms. The molecule has 1 saturated heterocycles. The van der Waals surface area contributed by atoms with Crippen LogP contribution in [0.15, 0.2) is 12.4 Å². The van der Waals surface area contributed by atoms with Crippen molar-refractivity contribution >= 4 is 5.82 Å². The zero-order chi connectivity index (χ0) is 12.3. The van der Waals surface area contributed by atoms with Crippen molar-refractivity contribution in [2.45, 2.75) is 39.0 Å². The molecule has 1 aromatic heterocycles. The van der Waals surface area contributed by atoms with E-state index < -0.39 is 0 Å². The first-order valence-electron chi connectivity index (χ1n) is 6.04. The third-order valence-corrected chi connectivity index (χ3v) is 3.09. The fourth-order valence-corrected chi connectivity index (χ4v) is 2.04. The van der Waals surface area contributed by atoms with Crippen molar-refractivity contribution in [3.8, 4) is 0 Å². The molecule has 1 aliphatic rings. The average molecular weight is 237 g/mol. The zero-order valence-electron chi connectivity index (χ0n) is 10.3. The Bertz CT molecular complexity index is 355. The van der Waals surface area contributed by atoms with Crippen LogP contribution in [0.1, 0.15) is 26.0 Å². The second kappa shape index (κ2) is 5.42. The first-order valence-corrected chi connectivity index (χ1v) is 6.04. The van der Waals surface area contributed by atoms with E-state index in [1.54, 1.807) is 12.4 Å². The topological polar surface area (TPSA) is 58.5 Å². The van der Waals surface area contributed by atoms with Gasteiger partial charge in [-0.15, -0.1) is 0 Å². The smallest absolute Gasteiger partial charge is 0.147 e. The second-order valence-electron chi connectivity index (χ2n) is 4.38. The van der Waals surface area contributed by atoms with Gasteiger partial charge in [-0.1, -0.05) is 6.92 Å². The van der Waals surface area contributed by atoms with Gasteiger partial charge in [0.25, 0.3) is 0 Å². The first-order chi connectivity index (χ1) is 8.24. The van der Waals surface area contributed by atoms with E-state index in [2.05, 4.69) is 28.7 Å². The highest BCUT2D eigenvalue weighted by Gasteiger charge is 2.26. The Morgan fingerprint density at radius 3 is 2.88 bits per heavy atom. The number of aliphatic hydroxyl groups is 1. The molecule has 1 N–H and O–H groups in total. The van der Waals surface area contributed by atoms with Crippen molar-refractivity contribution in [1.82, 2.24) is 9.97 Å². The molecule has 2 atom stereocenters. The second-order valence-corrected chi connectivity index (χ2v) is 4.38. The molecule has 0 aliphatic carbocycles. The number of hydrogen-bond acceptors (Lipinski definition) is 5. The minimum Gasteiger partial charge on any atom is -0.390 e. The van der Waals surface area contributed by atoms with Gasteiger partial charge in [0.1, 0.15) is 5.82 Å². The predicted molar refractivity (Wildman–Crippen MR) is 64.8 cm³/mol. The monoisotopic (exact) mass is 237 g/mol. The van der Waals surface area contributed by atoms with Crippen molar-refractivity contribution in [3.05, 3.63) is 18.1 Å². The summed E-state index contributed by atoms with van der Waals surface area (Å²) in [6.07, 6.45) is 4.60. The number of hydrogen-bond donors (Lipinski definition) is 1. The van der Waals surface area contributed by atoms with Crippen molar-refractivity contribution in [2.75, 3.05) is 18.1 Å². The summed E-state index contributed by atoms with van der Waals surface area (Å²) in [7, 11) is 0. The molecule has 2 unspecified atom stereocenters. The minimum absolute atomic E-state index is 0.0655. The molecular formula is C12H19N3O2. The molecule has 1 fully saturated rings. The Morgan fingerprint density at radius 2 is 2.29 bits per heavy atom. The van der Waals surface area contributed by atoms with Gasteiger partial charge in [-0.05, 0) is 13.3 Å². The highest BCUT2D eigenvalue weighted by molar-refractivity contribution is 5.38. The molecule has 0 bridgehead atoms. The van der Waals surface area contributed by atoms with E-state index in [9.17, 15) is 0 Å². The van der Waals surface area contributed by atoms with Crippen LogP contribution < -0.4 is 4.90 Å². The fourth-order valence-electron chi connectivity index (χ4n) is 2.04. The SMILES string of the molecule is CCC1COC(C)CN1c1cnc(CO)cn1. The summed E-state index contributed by atoms with van der Waals surface area (Å²) in [5.41, 5.74) is 0.600. The van der Waals surface area contributed by atoms with E-state index in [1.165, 1.54) is 0 Å². The lowest BCUT2D eigenvalue weighted by Crippen LogP contribution is -2.49. The number of ether oxygens (including phenoxy) is 1. The molecule has 1 aromatic rings. The number of aliphatic hydroxyl groups excluding tert-OH is 1. The van der Waals surface area contributed by atoms with E-state index in [1.807, 2.05) is 0 Å². The molecule has 5 heteroatoms. The lowest BCUT2D eigenvalue weighted by molar-refractivity contribution is 0.0296. The number of morpholine rings is 1. The Kier molecular flexibility index (Phi) is 3.91. The summed E-state index contributed by atoms with van der Waals surface area (Å²) in [5.74, 6) is 0.865. The maximum absolute atomic E-state index is 8.94. The lowest BCUT2D eigenvalue weighted by Gasteiger charge is -2.38. The standard InChI is InChI=1S/C12H19N3O2/c1-3-11-8-17-9(2)6-15(11)12-5-13-10(7-16)4-14-12/h4-5,9,11,16H,3,6-8H2,1-2H3. The van der Waals surface area contributed by atoms with Crippen molar-refractivity contribution < 1.29 is 9.84 Å². The van der Waals surface area contributed by atoms with Gasteiger partial charge in [0.2, 0.25) is 0 Å². The molecule has 2 heterocycles. The fraction of sp³-hybridized carbons (Fsp3) is 0.667. The van der Waals surface area contributed by atoms with Gasteiger partial charge in [-0.25, -0.2) is 4.98 Å². The number of nitrogens with zero attached hydrogens (tertiary/aromatic N) is 3. The van der Waals surface area contributed by atoms with Crippen molar-refractivity contribution in [3.63, 3.8) is 0 Å². The highest BCUT2D eigenvalue weighted by atomic mass is 16.5. The Hall–Kier alpha value is -1.20. The molecule has 0 saturated carbocycles. The third kappa shape index (κ3) is 2.73. The summed E-state index contributed by atoms with van der Waals surface area (Å²) < 4.78 is 5.65. The maximum Gasteiger partial charge on any atom is 0.147 e. The Labute approximate surface area is 101 Å². The van der Waals surface area contributed by atoms with Crippen LogP contribution in [0.3, 0.4) is 0 Å². The molecule has 17 heavy (non-hydrogen) atoms. The third-order valence-electron chi connectivity index (χ3n) is 3.09. The Morgan fingerprint density at radius 1 is 1.47 bits per heavy atom. The van der Waals surface area contributed by atoms with E-state index in [0.717, 1.165) is 25.4 Å². The lowest BCUT2D eigenvalue weighted by atomic mass is 10.1. The van der Waals surface area contributed by atoms with Crippen molar-refractivity contribution in [1.29, 1.82) is 0 Å². The summed E-state index contributed by atoms with van der Waals surface area (Å²) in [6, 6.07) is 0.362. The summed E-state index contributed by atoms with van der Waals surface area (Å²) in [4.78, 5) is 10.8. The van der Waals surface area contributed by atoms with E-state index in [0.29, 0.717) is 11.7 Å². The van der Waals surface area contributed by atoms with Gasteiger partial charge in [-0.3, -0.25) is 4.98 Å². The van der Waals surface area contributed by atoms with Crippen LogP contribution >= 0.6 is 0 Å². The van der Waals surface area contributed by atoms with Gasteiger partial charge >= 0.3 is 0 Å². The summed E-state index contributed by atoms with van der Waals surface area (Å²) in [5, 5.41) is 8.94. The van der Waals surface area contributed by atoms with Gasteiger partial charge in [0, 0.05) is 6.54 Å². The quantitative estimate of drug-likeness (QED) is 0.849. The van der Waals surface area contributed by atoms with E-state index >= 15 is 0 Å². The zero-order valence-corrected chi connectivity index (χ0v) is 10.3. The minimum atomic E-state index is -0.0655. The van der Waals surface area contributed by atoms with Crippen molar-refractivity contribution in [2.24, 2.45) is 0 Å². The largest absolute Gasteiger partial charge is 0.390 e. The van der Waals surface area contributed by atoms with Crippen LogP contribution in [0.5, 0.6) is 0 Å². The molecule has 0 aromatic carbocycles. The summed E-state index contributed by atoms with van der Waals surface area (Å²) >= 11 is 0. The van der Waals surface area contributed by atoms with Crippen LogP contribution in [0.25, 0.3) is 0 Å². The van der Waals surface area contributed by atoms with Crippen LogP contribution in [0.2, 0.25) is 0 Å². The predicted octanol–water partition coefficient (Wildman–Crippen LogP) is 0.973. The van der Waals surface area contributed by atoms with Gasteiger partial charge < -0.3 is 14.7 Å². The Balaban J connectivity index is 2.16. The normalized spacial score (nSPS) is 25.0. The highest BCUT2D eigenvalue weighted by Crippen LogP contribution is 2.20. The van der Waals surface area contributed by atoms with Gasteiger partial charge in [-0.2, -0.15) is 0 Å². The number of anilines is 1. The summed E-state index contributed by atoms with van der Waals surface area (Å²) in [6.45, 7) is 5.72. The molecule has 94 valence electrons. The van der Waals surface area contributed by atoms with Gasteiger partial charge in [0.05, 0.1) is 43.4 Å². The van der Waals surface area contributed by atoms with Crippen LogP contribution in [0, 0.1) is 0 Å². The first kappa shape index (κ1) is 12.3. The molecule has 5 nitrogen and oxygen atoms in total. The molecular weight excluding hydrogens is 218 g/mol. The average Bonchev–Trinajstić information content (AvgIpc) is 2.39. The van der Waals surface area contributed by atoms with Crippen LogP contribution in [-0.4, -0.2) is 40.4 Å². The van der Waals surface area contributed by atoms with E-state index in [4.69, 9.17) is 9.84 Å². The molecule has 0 amide bonds. The van der Waals surface area contributed by atoms with E-state index in [-0.39, 0.29) is 12.7 Å². The number of rotatable bonds is 3. The van der Waals surface area contributed by atoms with Crippen LogP contribution in [0.4, 0.5) is 5.82 Å². The molecule has 1 aliphatic heterocycles. The maximum atomic E-state index is 8.94. The number of aromatic nitrogens is 2. The molecule has 0 radical (unpaired) electrons. The van der Waals surface area contributed by atoms with Crippen LogP contribution in [-0.2, 0) is 11.3 Å². The molecule has 2 rings (SSSR count).